The van der Waals surface area contributed by atoms with E-state index in [-0.39, 0.29) is 4.21 Å². The van der Waals surface area contributed by atoms with Crippen LogP contribution in [0.4, 0.5) is 0 Å². The summed E-state index contributed by atoms with van der Waals surface area (Å²) in [7, 11) is -3.45. The van der Waals surface area contributed by atoms with E-state index in [0.29, 0.717) is 30.1 Å². The van der Waals surface area contributed by atoms with Crippen molar-refractivity contribution in [2.75, 3.05) is 6.54 Å². The van der Waals surface area contributed by atoms with Crippen LogP contribution >= 0.6 is 22.9 Å². The second kappa shape index (κ2) is 6.36. The molecule has 0 radical (unpaired) electrons. The molecule has 1 aromatic rings. The summed E-state index contributed by atoms with van der Waals surface area (Å²) >= 11 is 6.88. The molecular formula is C10H13ClN2O2S2. The summed E-state index contributed by atoms with van der Waals surface area (Å²) in [4.78, 5) is 0. The maximum Gasteiger partial charge on any atom is 0.250 e. The molecule has 0 saturated heterocycles. The number of hydrogen-bond donors (Lipinski definition) is 1. The van der Waals surface area contributed by atoms with E-state index in [1.54, 1.807) is 13.0 Å². The van der Waals surface area contributed by atoms with Gasteiger partial charge in [0.1, 0.15) is 4.21 Å². The largest absolute Gasteiger partial charge is 0.250 e. The number of sulfonamides is 1. The van der Waals surface area contributed by atoms with Gasteiger partial charge in [0.25, 0.3) is 0 Å². The molecule has 0 saturated carbocycles. The number of nitrogens with one attached hydrogen (secondary N) is 1. The van der Waals surface area contributed by atoms with Gasteiger partial charge in [0.15, 0.2) is 0 Å². The van der Waals surface area contributed by atoms with E-state index in [9.17, 15) is 8.42 Å². The van der Waals surface area contributed by atoms with Crippen LogP contribution in [0.15, 0.2) is 10.3 Å². The number of nitriles is 1. The van der Waals surface area contributed by atoms with Gasteiger partial charge in [0.2, 0.25) is 10.0 Å². The third kappa shape index (κ3) is 4.28. The fraction of sp³-hybridized carbons (Fsp3) is 0.500. The molecule has 1 heterocycles. The second-order valence-electron chi connectivity index (χ2n) is 3.54. The highest BCUT2D eigenvalue weighted by atomic mass is 35.5. The van der Waals surface area contributed by atoms with E-state index in [0.717, 1.165) is 16.9 Å². The lowest BCUT2D eigenvalue weighted by Gasteiger charge is -2.03. The van der Waals surface area contributed by atoms with Crippen molar-refractivity contribution in [3.8, 4) is 6.07 Å². The zero-order chi connectivity index (χ0) is 12.9. The van der Waals surface area contributed by atoms with Crippen LogP contribution in [-0.4, -0.2) is 15.0 Å². The van der Waals surface area contributed by atoms with Gasteiger partial charge < -0.3 is 0 Å². The lowest BCUT2D eigenvalue weighted by Crippen LogP contribution is -2.23. The summed E-state index contributed by atoms with van der Waals surface area (Å²) in [6, 6.07) is 3.58. The monoisotopic (exact) mass is 292 g/mol. The number of thiophene rings is 1. The number of halogens is 1. The van der Waals surface area contributed by atoms with E-state index in [4.69, 9.17) is 16.9 Å². The summed E-state index contributed by atoms with van der Waals surface area (Å²) in [6.45, 7) is 2.11. The minimum absolute atomic E-state index is 0.236. The Hall–Kier alpha value is -0.610. The van der Waals surface area contributed by atoms with E-state index in [2.05, 4.69) is 4.72 Å². The van der Waals surface area contributed by atoms with Crippen molar-refractivity contribution in [2.45, 2.75) is 30.4 Å². The van der Waals surface area contributed by atoms with E-state index in [1.165, 1.54) is 0 Å². The Kier molecular flexibility index (Phi) is 5.40. The number of hydrogen-bond acceptors (Lipinski definition) is 4. The van der Waals surface area contributed by atoms with Gasteiger partial charge in [-0.25, -0.2) is 13.1 Å². The molecule has 17 heavy (non-hydrogen) atoms. The molecule has 0 unspecified atom stereocenters. The smallest absolute Gasteiger partial charge is 0.210 e. The molecule has 0 aliphatic carbocycles. The Morgan fingerprint density at radius 2 is 2.24 bits per heavy atom. The van der Waals surface area contributed by atoms with Gasteiger partial charge in [-0.2, -0.15) is 5.26 Å². The molecule has 0 aliphatic rings. The third-order valence-corrected chi connectivity index (χ3v) is 5.60. The summed E-state index contributed by atoms with van der Waals surface area (Å²) in [6.07, 6.45) is 1.81. The molecule has 0 amide bonds. The number of aryl methyl sites for hydroxylation is 1. The van der Waals surface area contributed by atoms with Crippen molar-refractivity contribution < 1.29 is 8.42 Å². The highest BCUT2D eigenvalue weighted by Crippen LogP contribution is 2.29. The highest BCUT2D eigenvalue weighted by molar-refractivity contribution is 7.91. The molecule has 4 nitrogen and oxygen atoms in total. The van der Waals surface area contributed by atoms with Gasteiger partial charge in [0, 0.05) is 13.0 Å². The minimum atomic E-state index is -3.45. The second-order valence-corrected chi connectivity index (χ2v) is 7.18. The average Bonchev–Trinajstić information content (AvgIpc) is 2.60. The van der Waals surface area contributed by atoms with Gasteiger partial charge in [-0.3, -0.25) is 0 Å². The molecule has 0 aliphatic heterocycles. The van der Waals surface area contributed by atoms with Crippen molar-refractivity contribution in [3.63, 3.8) is 0 Å². The fourth-order valence-corrected chi connectivity index (χ4v) is 4.00. The molecule has 1 N–H and O–H groups in total. The number of nitrogens with zero attached hydrogens (tertiary/aromatic N) is 1. The van der Waals surface area contributed by atoms with Gasteiger partial charge >= 0.3 is 0 Å². The van der Waals surface area contributed by atoms with Crippen molar-refractivity contribution in [2.24, 2.45) is 0 Å². The van der Waals surface area contributed by atoms with Crippen LogP contribution in [0.1, 0.15) is 24.8 Å². The molecule has 94 valence electrons. The summed E-state index contributed by atoms with van der Waals surface area (Å²) in [5, 5.41) is 8.34. The van der Waals surface area contributed by atoms with Crippen LogP contribution in [-0.2, 0) is 10.0 Å². The van der Waals surface area contributed by atoms with Crippen LogP contribution in [0.3, 0.4) is 0 Å². The van der Waals surface area contributed by atoms with Crippen LogP contribution in [0.5, 0.6) is 0 Å². The number of rotatable bonds is 6. The number of unbranched alkanes of at least 4 members (excludes halogenated alkanes) is 2. The Morgan fingerprint density at radius 1 is 1.53 bits per heavy atom. The van der Waals surface area contributed by atoms with Crippen LogP contribution in [0.25, 0.3) is 0 Å². The average molecular weight is 293 g/mol. The Morgan fingerprint density at radius 3 is 2.76 bits per heavy atom. The van der Waals surface area contributed by atoms with Crippen LogP contribution < -0.4 is 4.72 Å². The van der Waals surface area contributed by atoms with Crippen molar-refractivity contribution in [1.82, 2.24) is 4.72 Å². The maximum absolute atomic E-state index is 11.8. The third-order valence-electron chi connectivity index (χ3n) is 2.11. The van der Waals surface area contributed by atoms with E-state index < -0.39 is 10.0 Å². The predicted molar refractivity (Wildman–Crippen MR) is 68.7 cm³/mol. The molecule has 0 bridgehead atoms. The van der Waals surface area contributed by atoms with E-state index in [1.807, 2.05) is 6.07 Å². The quantitative estimate of drug-likeness (QED) is 0.820. The van der Waals surface area contributed by atoms with Crippen molar-refractivity contribution >= 4 is 33.0 Å². The standard InChI is InChI=1S/C10H13ClN2O2S2/c1-8-7-9(16-10(8)11)17(14,15)13-6-4-2-3-5-12/h7,13H,2-4,6H2,1H3. The summed E-state index contributed by atoms with van der Waals surface area (Å²) < 4.78 is 26.8. The van der Waals surface area contributed by atoms with E-state index >= 15 is 0 Å². The van der Waals surface area contributed by atoms with Crippen molar-refractivity contribution in [3.05, 3.63) is 16.0 Å². The molecule has 1 aromatic heterocycles. The predicted octanol–water partition coefficient (Wildman–Crippen LogP) is 2.68. The van der Waals surface area contributed by atoms with Crippen molar-refractivity contribution in [1.29, 1.82) is 5.26 Å². The van der Waals surface area contributed by atoms with Crippen LogP contribution in [0.2, 0.25) is 4.34 Å². The normalized spacial score (nSPS) is 11.4. The highest BCUT2D eigenvalue weighted by Gasteiger charge is 2.17. The lowest BCUT2D eigenvalue weighted by molar-refractivity contribution is 0.579. The summed E-state index contributed by atoms with van der Waals surface area (Å²) in [5.74, 6) is 0. The molecule has 0 aromatic carbocycles. The van der Waals surface area contributed by atoms with Gasteiger partial charge in [-0.15, -0.1) is 11.3 Å². The first kappa shape index (κ1) is 14.5. The minimum Gasteiger partial charge on any atom is -0.210 e. The maximum atomic E-state index is 11.8. The molecule has 7 heteroatoms. The van der Waals surface area contributed by atoms with Gasteiger partial charge in [-0.05, 0) is 31.4 Å². The molecular weight excluding hydrogens is 280 g/mol. The first-order valence-electron chi connectivity index (χ1n) is 5.10. The Labute approximate surface area is 110 Å². The Bertz CT molecular complexity index is 497. The Balaban J connectivity index is 2.55. The molecule has 1 rings (SSSR count). The van der Waals surface area contributed by atoms with Crippen LogP contribution in [0, 0.1) is 18.3 Å². The zero-order valence-corrected chi connectivity index (χ0v) is 11.8. The van der Waals surface area contributed by atoms with Gasteiger partial charge in [0.05, 0.1) is 10.4 Å². The SMILES string of the molecule is Cc1cc(S(=O)(=O)NCCCCC#N)sc1Cl. The zero-order valence-electron chi connectivity index (χ0n) is 9.36. The van der Waals surface area contributed by atoms with Gasteiger partial charge in [-0.1, -0.05) is 11.6 Å². The molecule has 0 fully saturated rings. The fourth-order valence-electron chi connectivity index (χ4n) is 1.17. The topological polar surface area (TPSA) is 70.0 Å². The lowest BCUT2D eigenvalue weighted by atomic mass is 10.2. The molecule has 0 atom stereocenters. The molecule has 0 spiro atoms. The summed E-state index contributed by atoms with van der Waals surface area (Å²) in [5.41, 5.74) is 0.765. The first-order chi connectivity index (χ1) is 7.97. The first-order valence-corrected chi connectivity index (χ1v) is 7.77.